The number of rotatable bonds is 4. The molecule has 2 aromatic rings. The molecule has 0 aliphatic carbocycles. The van der Waals surface area contributed by atoms with Crippen LogP contribution in [0.15, 0.2) is 42.6 Å². The number of nitrogens with zero attached hydrogens (tertiary/aromatic N) is 3. The molecule has 1 unspecified atom stereocenters. The average molecular weight is 368 g/mol. The van der Waals surface area contributed by atoms with E-state index in [9.17, 15) is 9.59 Å². The van der Waals surface area contributed by atoms with Gasteiger partial charge in [0.05, 0.1) is 6.54 Å². The molecule has 1 aliphatic heterocycles. The van der Waals surface area contributed by atoms with Crippen LogP contribution < -0.4 is 10.1 Å². The first-order chi connectivity index (χ1) is 12.9. The molecule has 3 rings (SSSR count). The fourth-order valence-electron chi connectivity index (χ4n) is 2.89. The Bertz CT molecular complexity index is 820. The van der Waals surface area contributed by atoms with E-state index in [-0.39, 0.29) is 18.0 Å². The summed E-state index contributed by atoms with van der Waals surface area (Å²) in [5, 5.41) is 2.90. The molecule has 0 radical (unpaired) electrons. The standard InChI is InChI=1S/C20H24N4O3/c1-14-6-8-15(9-7-14)22-20(26)24-12-10-16(13-24)27-18-17(5-4-11-21-18)19(25)23(2)3/h4-9,11,16H,10,12-13H2,1-3H3,(H,22,26). The molecule has 7 nitrogen and oxygen atoms in total. The number of pyridine rings is 1. The number of urea groups is 1. The van der Waals surface area contributed by atoms with E-state index in [0.717, 1.165) is 11.3 Å². The molecular formula is C20H24N4O3. The first-order valence-electron chi connectivity index (χ1n) is 8.90. The molecule has 1 aromatic carbocycles. The summed E-state index contributed by atoms with van der Waals surface area (Å²) in [7, 11) is 3.37. The van der Waals surface area contributed by atoms with Gasteiger partial charge in [0.25, 0.3) is 5.91 Å². The molecule has 1 saturated heterocycles. The number of likely N-dealkylation sites (tertiary alicyclic amines) is 1. The van der Waals surface area contributed by atoms with E-state index in [1.807, 2.05) is 31.2 Å². The largest absolute Gasteiger partial charge is 0.472 e. The zero-order valence-electron chi connectivity index (χ0n) is 15.8. The molecule has 1 atom stereocenters. The van der Waals surface area contributed by atoms with Crippen molar-refractivity contribution in [3.63, 3.8) is 0 Å². The number of aromatic nitrogens is 1. The lowest BCUT2D eigenvalue weighted by Gasteiger charge is -2.19. The van der Waals surface area contributed by atoms with E-state index in [2.05, 4.69) is 10.3 Å². The van der Waals surface area contributed by atoms with Crippen LogP contribution in [0, 0.1) is 6.92 Å². The van der Waals surface area contributed by atoms with Crippen LogP contribution in [0.1, 0.15) is 22.3 Å². The average Bonchev–Trinajstić information content (AvgIpc) is 3.12. The predicted octanol–water partition coefficient (Wildman–Crippen LogP) is 2.78. The second-order valence-electron chi connectivity index (χ2n) is 6.83. The van der Waals surface area contributed by atoms with E-state index in [1.165, 1.54) is 4.90 Å². The van der Waals surface area contributed by atoms with Crippen LogP contribution in [0.5, 0.6) is 5.88 Å². The minimum absolute atomic E-state index is 0.157. The van der Waals surface area contributed by atoms with Gasteiger partial charge in [-0.1, -0.05) is 17.7 Å². The van der Waals surface area contributed by atoms with Crippen LogP contribution in [-0.4, -0.2) is 60.0 Å². The maximum Gasteiger partial charge on any atom is 0.321 e. The Morgan fingerprint density at radius 2 is 1.96 bits per heavy atom. The van der Waals surface area contributed by atoms with Crippen molar-refractivity contribution in [2.24, 2.45) is 0 Å². The lowest BCUT2D eigenvalue weighted by atomic mass is 10.2. The Hall–Kier alpha value is -3.09. The van der Waals surface area contributed by atoms with Gasteiger partial charge in [0.1, 0.15) is 11.7 Å². The molecule has 0 bridgehead atoms. The van der Waals surface area contributed by atoms with Crippen LogP contribution in [0.3, 0.4) is 0 Å². The van der Waals surface area contributed by atoms with Crippen LogP contribution in [0.25, 0.3) is 0 Å². The molecule has 1 aromatic heterocycles. The quantitative estimate of drug-likeness (QED) is 0.900. The highest BCUT2D eigenvalue weighted by Crippen LogP contribution is 2.22. The Kier molecular flexibility index (Phi) is 5.59. The smallest absolute Gasteiger partial charge is 0.321 e. The maximum absolute atomic E-state index is 12.4. The van der Waals surface area contributed by atoms with E-state index in [4.69, 9.17) is 4.74 Å². The molecule has 0 saturated carbocycles. The van der Waals surface area contributed by atoms with Crippen LogP contribution in [0.2, 0.25) is 0 Å². The van der Waals surface area contributed by atoms with Crippen molar-refractivity contribution in [1.29, 1.82) is 0 Å². The van der Waals surface area contributed by atoms with Gasteiger partial charge in [-0.2, -0.15) is 0 Å². The van der Waals surface area contributed by atoms with Gasteiger partial charge in [-0.3, -0.25) is 4.79 Å². The molecule has 7 heteroatoms. The lowest BCUT2D eigenvalue weighted by Crippen LogP contribution is -2.34. The highest BCUT2D eigenvalue weighted by Gasteiger charge is 2.29. The molecule has 1 aliphatic rings. The number of amides is 3. The van der Waals surface area contributed by atoms with Crippen LogP contribution in [-0.2, 0) is 0 Å². The molecule has 0 spiro atoms. The molecular weight excluding hydrogens is 344 g/mol. The highest BCUT2D eigenvalue weighted by atomic mass is 16.5. The maximum atomic E-state index is 12.4. The Morgan fingerprint density at radius 3 is 2.67 bits per heavy atom. The summed E-state index contributed by atoms with van der Waals surface area (Å²) in [6.45, 7) is 3.04. The van der Waals surface area contributed by atoms with E-state index < -0.39 is 0 Å². The second-order valence-corrected chi connectivity index (χ2v) is 6.83. The topological polar surface area (TPSA) is 74.8 Å². The zero-order chi connectivity index (χ0) is 19.4. The van der Waals surface area contributed by atoms with Gasteiger partial charge < -0.3 is 19.9 Å². The van der Waals surface area contributed by atoms with E-state index >= 15 is 0 Å². The normalized spacial score (nSPS) is 16.1. The Balaban J connectivity index is 1.61. The monoisotopic (exact) mass is 368 g/mol. The van der Waals surface area contributed by atoms with Crippen molar-refractivity contribution in [1.82, 2.24) is 14.8 Å². The fourth-order valence-corrected chi connectivity index (χ4v) is 2.89. The molecule has 2 heterocycles. The van der Waals surface area contributed by atoms with Crippen molar-refractivity contribution in [2.45, 2.75) is 19.4 Å². The summed E-state index contributed by atoms with van der Waals surface area (Å²) in [6, 6.07) is 10.9. The van der Waals surface area contributed by atoms with Gasteiger partial charge in [-0.25, -0.2) is 9.78 Å². The number of hydrogen-bond donors (Lipinski definition) is 1. The molecule has 1 fully saturated rings. The number of nitrogens with one attached hydrogen (secondary N) is 1. The van der Waals surface area contributed by atoms with E-state index in [0.29, 0.717) is 31.0 Å². The van der Waals surface area contributed by atoms with Gasteiger partial charge in [-0.05, 0) is 31.2 Å². The van der Waals surface area contributed by atoms with Crippen molar-refractivity contribution >= 4 is 17.6 Å². The number of benzene rings is 1. The summed E-state index contributed by atoms with van der Waals surface area (Å²) >= 11 is 0. The van der Waals surface area contributed by atoms with E-state index in [1.54, 1.807) is 37.3 Å². The van der Waals surface area contributed by atoms with Gasteiger partial charge in [-0.15, -0.1) is 0 Å². The van der Waals surface area contributed by atoms with Crippen molar-refractivity contribution in [2.75, 3.05) is 32.5 Å². The number of ether oxygens (including phenoxy) is 1. The molecule has 27 heavy (non-hydrogen) atoms. The third kappa shape index (κ3) is 4.55. The van der Waals surface area contributed by atoms with Gasteiger partial charge >= 0.3 is 6.03 Å². The third-order valence-electron chi connectivity index (χ3n) is 4.42. The second kappa shape index (κ2) is 8.07. The summed E-state index contributed by atoms with van der Waals surface area (Å²) in [4.78, 5) is 32.1. The van der Waals surface area contributed by atoms with Gasteiger partial charge in [0.15, 0.2) is 0 Å². The minimum Gasteiger partial charge on any atom is -0.472 e. The molecule has 3 amide bonds. The SMILES string of the molecule is Cc1ccc(NC(=O)N2CCC(Oc3ncccc3C(=O)N(C)C)C2)cc1. The number of carbonyl (C=O) groups is 2. The van der Waals surface area contributed by atoms with Crippen molar-refractivity contribution in [3.05, 3.63) is 53.7 Å². The van der Waals surface area contributed by atoms with Crippen LogP contribution in [0.4, 0.5) is 10.5 Å². The van der Waals surface area contributed by atoms with Crippen molar-refractivity contribution in [3.8, 4) is 5.88 Å². The summed E-state index contributed by atoms with van der Waals surface area (Å²) in [5.74, 6) is 0.145. The summed E-state index contributed by atoms with van der Waals surface area (Å²) < 4.78 is 5.94. The number of aryl methyl sites for hydroxylation is 1. The number of anilines is 1. The van der Waals surface area contributed by atoms with Gasteiger partial charge in [0.2, 0.25) is 5.88 Å². The number of carbonyl (C=O) groups excluding carboxylic acids is 2. The molecule has 1 N–H and O–H groups in total. The lowest BCUT2D eigenvalue weighted by molar-refractivity contribution is 0.0818. The van der Waals surface area contributed by atoms with Crippen molar-refractivity contribution < 1.29 is 14.3 Å². The number of hydrogen-bond acceptors (Lipinski definition) is 4. The predicted molar refractivity (Wildman–Crippen MR) is 103 cm³/mol. The Labute approximate surface area is 158 Å². The van der Waals surface area contributed by atoms with Gasteiger partial charge in [0, 0.05) is 38.9 Å². The first-order valence-corrected chi connectivity index (χ1v) is 8.90. The highest BCUT2D eigenvalue weighted by molar-refractivity contribution is 5.96. The van der Waals surface area contributed by atoms with Crippen LogP contribution >= 0.6 is 0 Å². The Morgan fingerprint density at radius 1 is 1.22 bits per heavy atom. The molecule has 142 valence electrons. The summed E-state index contributed by atoms with van der Waals surface area (Å²) in [6.07, 6.45) is 2.09. The summed E-state index contributed by atoms with van der Waals surface area (Å²) in [5.41, 5.74) is 2.32. The first kappa shape index (κ1) is 18.7. The third-order valence-corrected chi connectivity index (χ3v) is 4.42. The fraction of sp³-hybridized carbons (Fsp3) is 0.350. The zero-order valence-corrected chi connectivity index (χ0v) is 15.8. The minimum atomic E-state index is -0.197.